The number of nitrogens with zero attached hydrogens (tertiary/aromatic N) is 3. The Kier molecular flexibility index (Phi) is 5.49. The van der Waals surface area contributed by atoms with Gasteiger partial charge in [0.2, 0.25) is 5.91 Å². The minimum Gasteiger partial charge on any atom is -0.363 e. The van der Waals surface area contributed by atoms with Crippen LogP contribution < -0.4 is 15.1 Å². The topological polar surface area (TPSA) is 48.5 Å². The highest BCUT2D eigenvalue weighted by molar-refractivity contribution is 5.73. The van der Waals surface area contributed by atoms with Crippen molar-refractivity contribution in [2.24, 2.45) is 5.92 Å². The molecule has 0 bridgehead atoms. The van der Waals surface area contributed by atoms with E-state index in [1.54, 1.807) is 0 Å². The Labute approximate surface area is 162 Å². The molecular weight excluding hydrogens is 369 g/mol. The largest absolute Gasteiger partial charge is 0.416 e. The maximum atomic E-state index is 12.9. The first-order valence-corrected chi connectivity index (χ1v) is 9.01. The normalized spacial score (nSPS) is 16.5. The van der Waals surface area contributed by atoms with Crippen molar-refractivity contribution in [3.63, 3.8) is 0 Å². The lowest BCUT2D eigenvalue weighted by molar-refractivity contribution is -0.137. The molecule has 2 heterocycles. The van der Waals surface area contributed by atoms with Crippen LogP contribution in [0.25, 0.3) is 0 Å². The summed E-state index contributed by atoms with van der Waals surface area (Å²) in [5, 5.41) is 2.83. The molecule has 28 heavy (non-hydrogen) atoms. The highest BCUT2D eigenvalue weighted by atomic mass is 19.4. The number of carbonyl (C=O) groups is 1. The van der Waals surface area contributed by atoms with Crippen LogP contribution in [0.5, 0.6) is 0 Å². The number of anilines is 3. The molecule has 8 heteroatoms. The summed E-state index contributed by atoms with van der Waals surface area (Å²) >= 11 is 0. The van der Waals surface area contributed by atoms with Crippen molar-refractivity contribution in [3.8, 4) is 0 Å². The van der Waals surface area contributed by atoms with E-state index in [0.29, 0.717) is 25.2 Å². The van der Waals surface area contributed by atoms with E-state index >= 15 is 0 Å². The van der Waals surface area contributed by atoms with E-state index in [2.05, 4.69) is 5.32 Å². The Morgan fingerprint density at radius 3 is 2.46 bits per heavy atom. The highest BCUT2D eigenvalue weighted by Crippen LogP contribution is 2.37. The number of benzene rings is 1. The lowest BCUT2D eigenvalue weighted by Crippen LogP contribution is -2.39. The predicted molar refractivity (Wildman–Crippen MR) is 103 cm³/mol. The highest BCUT2D eigenvalue weighted by Gasteiger charge is 2.31. The molecule has 1 atom stereocenters. The van der Waals surface area contributed by atoms with Crippen molar-refractivity contribution in [2.45, 2.75) is 19.5 Å². The number of amides is 1. The number of aromatic nitrogens is 1. The molecule has 0 saturated carbocycles. The standard InChI is InChI=1S/C20H23F3N4O/c1-13(28)24-11-14-10-17-18(8-9-19(25-17)26(2)3)27(12-14)16-6-4-15(5-7-16)20(21,22)23/h4-9,14H,10-12H2,1-3H3,(H,24,28). The molecule has 5 nitrogen and oxygen atoms in total. The first kappa shape index (κ1) is 20.0. The maximum Gasteiger partial charge on any atom is 0.416 e. The molecule has 1 unspecified atom stereocenters. The zero-order chi connectivity index (χ0) is 20.5. The second-order valence-corrected chi connectivity index (χ2v) is 7.19. The minimum absolute atomic E-state index is 0.101. The number of alkyl halides is 3. The van der Waals surface area contributed by atoms with Crippen LogP contribution in [0.15, 0.2) is 36.4 Å². The molecule has 1 aliphatic heterocycles. The fraction of sp³-hybridized carbons (Fsp3) is 0.400. The van der Waals surface area contributed by atoms with Gasteiger partial charge in [-0.1, -0.05) is 0 Å². The number of halogens is 3. The first-order valence-electron chi connectivity index (χ1n) is 9.01. The van der Waals surface area contributed by atoms with Gasteiger partial charge in [0, 0.05) is 39.8 Å². The van der Waals surface area contributed by atoms with Gasteiger partial charge in [0.1, 0.15) is 5.82 Å². The van der Waals surface area contributed by atoms with E-state index in [1.165, 1.54) is 19.1 Å². The Morgan fingerprint density at radius 1 is 1.21 bits per heavy atom. The van der Waals surface area contributed by atoms with Crippen LogP contribution in [0.3, 0.4) is 0 Å². The second-order valence-electron chi connectivity index (χ2n) is 7.19. The van der Waals surface area contributed by atoms with Crippen LogP contribution in [-0.2, 0) is 17.4 Å². The Balaban J connectivity index is 1.95. The maximum absolute atomic E-state index is 12.9. The molecule has 1 aliphatic rings. The van der Waals surface area contributed by atoms with Crippen LogP contribution in [-0.4, -0.2) is 38.1 Å². The van der Waals surface area contributed by atoms with Gasteiger partial charge in [0.15, 0.2) is 0 Å². The van der Waals surface area contributed by atoms with Gasteiger partial charge in [-0.3, -0.25) is 4.79 Å². The predicted octanol–water partition coefficient (Wildman–Crippen LogP) is 3.61. The fourth-order valence-corrected chi connectivity index (χ4v) is 3.32. The van der Waals surface area contributed by atoms with E-state index in [4.69, 9.17) is 4.98 Å². The molecule has 1 aromatic heterocycles. The SMILES string of the molecule is CC(=O)NCC1Cc2nc(N(C)C)ccc2N(c2ccc(C(F)(F)F)cc2)C1. The van der Waals surface area contributed by atoms with Gasteiger partial charge in [-0.25, -0.2) is 4.98 Å². The molecule has 0 saturated heterocycles. The third-order valence-corrected chi connectivity index (χ3v) is 4.75. The van der Waals surface area contributed by atoms with Crippen molar-refractivity contribution >= 4 is 23.1 Å². The lowest BCUT2D eigenvalue weighted by Gasteiger charge is -2.36. The summed E-state index contributed by atoms with van der Waals surface area (Å²) in [6.07, 6.45) is -3.68. The van der Waals surface area contributed by atoms with Crippen LogP contribution in [0.4, 0.5) is 30.4 Å². The monoisotopic (exact) mass is 392 g/mol. The Hall–Kier alpha value is -2.77. The molecule has 1 N–H and O–H groups in total. The number of fused-ring (bicyclic) bond motifs is 1. The number of rotatable bonds is 4. The molecular formula is C20H23F3N4O. The second kappa shape index (κ2) is 7.69. The lowest BCUT2D eigenvalue weighted by atomic mass is 9.95. The van der Waals surface area contributed by atoms with Gasteiger partial charge in [0.25, 0.3) is 0 Å². The summed E-state index contributed by atoms with van der Waals surface area (Å²) in [6, 6.07) is 8.98. The van der Waals surface area contributed by atoms with Crippen LogP contribution >= 0.6 is 0 Å². The van der Waals surface area contributed by atoms with Crippen LogP contribution in [0.1, 0.15) is 18.2 Å². The van der Waals surface area contributed by atoms with Gasteiger partial charge in [-0.2, -0.15) is 13.2 Å². The number of hydrogen-bond donors (Lipinski definition) is 1. The van der Waals surface area contributed by atoms with E-state index in [0.717, 1.165) is 29.3 Å². The van der Waals surface area contributed by atoms with Crippen molar-refractivity contribution in [1.29, 1.82) is 0 Å². The number of pyridine rings is 1. The summed E-state index contributed by atoms with van der Waals surface area (Å²) in [7, 11) is 3.81. The zero-order valence-electron chi connectivity index (χ0n) is 16.0. The molecule has 150 valence electrons. The summed E-state index contributed by atoms with van der Waals surface area (Å²) in [6.45, 7) is 2.54. The van der Waals surface area contributed by atoms with Crippen molar-refractivity contribution in [2.75, 3.05) is 37.0 Å². The Bertz CT molecular complexity index is 850. The average molecular weight is 392 g/mol. The average Bonchev–Trinajstić information content (AvgIpc) is 2.64. The molecule has 0 fully saturated rings. The van der Waals surface area contributed by atoms with Gasteiger partial charge >= 0.3 is 6.18 Å². The Morgan fingerprint density at radius 2 is 1.89 bits per heavy atom. The molecule has 1 aromatic carbocycles. The molecule has 1 amide bonds. The molecule has 0 spiro atoms. The number of nitrogens with one attached hydrogen (secondary N) is 1. The third kappa shape index (κ3) is 4.37. The quantitative estimate of drug-likeness (QED) is 0.864. The molecule has 0 radical (unpaired) electrons. The van der Waals surface area contributed by atoms with Gasteiger partial charge < -0.3 is 15.1 Å². The van der Waals surface area contributed by atoms with E-state index < -0.39 is 11.7 Å². The van der Waals surface area contributed by atoms with Gasteiger partial charge in [-0.15, -0.1) is 0 Å². The van der Waals surface area contributed by atoms with Crippen molar-refractivity contribution in [1.82, 2.24) is 10.3 Å². The number of hydrogen-bond acceptors (Lipinski definition) is 4. The van der Waals surface area contributed by atoms with Crippen LogP contribution in [0.2, 0.25) is 0 Å². The molecule has 2 aromatic rings. The van der Waals surface area contributed by atoms with Crippen molar-refractivity contribution in [3.05, 3.63) is 47.7 Å². The van der Waals surface area contributed by atoms with E-state index in [-0.39, 0.29) is 11.8 Å². The minimum atomic E-state index is -4.37. The summed E-state index contributed by atoms with van der Waals surface area (Å²) in [5.74, 6) is 0.803. The van der Waals surface area contributed by atoms with Crippen molar-refractivity contribution < 1.29 is 18.0 Å². The van der Waals surface area contributed by atoms with Crippen LogP contribution in [0, 0.1) is 5.92 Å². The smallest absolute Gasteiger partial charge is 0.363 e. The molecule has 3 rings (SSSR count). The van der Waals surface area contributed by atoms with E-state index in [1.807, 2.05) is 36.0 Å². The summed E-state index contributed by atoms with van der Waals surface area (Å²) < 4.78 is 38.7. The van der Waals surface area contributed by atoms with E-state index in [9.17, 15) is 18.0 Å². The van der Waals surface area contributed by atoms with Gasteiger partial charge in [-0.05, 0) is 48.7 Å². The summed E-state index contributed by atoms with van der Waals surface area (Å²) in [5.41, 5.74) is 1.74. The zero-order valence-corrected chi connectivity index (χ0v) is 16.0. The summed E-state index contributed by atoms with van der Waals surface area (Å²) in [4.78, 5) is 19.9. The fourth-order valence-electron chi connectivity index (χ4n) is 3.32. The third-order valence-electron chi connectivity index (χ3n) is 4.75. The van der Waals surface area contributed by atoms with Gasteiger partial charge in [0.05, 0.1) is 16.9 Å². The number of carbonyl (C=O) groups excluding carboxylic acids is 1. The molecule has 0 aliphatic carbocycles. The first-order chi connectivity index (χ1) is 13.1.